The van der Waals surface area contributed by atoms with Gasteiger partial charge in [-0.1, -0.05) is 0 Å². The maximum atomic E-state index is 13.5. The zero-order valence-electron chi connectivity index (χ0n) is 25.5. The standard InChI is InChI=1S/C26H41N9O10S2/c27-7-18(36)28-8-19(37)29-9-20(38)30-10-21(39)31-11-22(40)32-14(12-46)24(42)35-6-2-4-17(35)25(43)34-5-1-3-16(34)23(41)33-15(13-47)26(44)45/h14-17,46-47H,1-13,27H2,(H,28,36)(H,29,37)(H,30,38)(H,31,39)(H,32,40)(H,33,41)(H,44,45)/t14-,15-,16-,17-/m0/s1. The molecule has 0 aromatic rings. The number of nitrogens with two attached hydrogens (primary N) is 1. The smallest absolute Gasteiger partial charge is 0.327 e. The summed E-state index contributed by atoms with van der Waals surface area (Å²) in [6.07, 6.45) is 1.67. The van der Waals surface area contributed by atoms with Crippen LogP contribution >= 0.6 is 25.3 Å². The van der Waals surface area contributed by atoms with Crippen molar-refractivity contribution < 1.29 is 48.3 Å². The van der Waals surface area contributed by atoms with E-state index >= 15 is 0 Å². The van der Waals surface area contributed by atoms with E-state index < -0.39 is 97.0 Å². The van der Waals surface area contributed by atoms with Crippen molar-refractivity contribution in [1.29, 1.82) is 0 Å². The lowest BCUT2D eigenvalue weighted by Crippen LogP contribution is -2.58. The van der Waals surface area contributed by atoms with Crippen LogP contribution in [-0.4, -0.2) is 150 Å². The molecule has 0 aromatic carbocycles. The van der Waals surface area contributed by atoms with Crippen molar-refractivity contribution in [3.8, 4) is 0 Å². The van der Waals surface area contributed by atoms with Gasteiger partial charge >= 0.3 is 5.97 Å². The molecule has 2 heterocycles. The molecule has 2 aliphatic heterocycles. The van der Waals surface area contributed by atoms with E-state index in [-0.39, 0.29) is 37.7 Å². The van der Waals surface area contributed by atoms with Gasteiger partial charge in [0.1, 0.15) is 24.2 Å². The monoisotopic (exact) mass is 703 g/mol. The molecule has 4 atom stereocenters. The molecule has 21 heteroatoms. The number of nitrogens with zero attached hydrogens (tertiary/aromatic N) is 2. The zero-order chi connectivity index (χ0) is 35.1. The Morgan fingerprint density at radius 2 is 1.13 bits per heavy atom. The van der Waals surface area contributed by atoms with Crippen LogP contribution in [-0.2, 0) is 43.2 Å². The topological polar surface area (TPSA) is 279 Å². The molecule has 2 saturated heterocycles. The third-order valence-electron chi connectivity index (χ3n) is 7.24. The molecule has 8 amide bonds. The summed E-state index contributed by atoms with van der Waals surface area (Å²) in [7, 11) is 0. The molecule has 0 spiro atoms. The lowest BCUT2D eigenvalue weighted by atomic mass is 10.1. The summed E-state index contributed by atoms with van der Waals surface area (Å²) in [5.74, 6) is -6.54. The number of likely N-dealkylation sites (tertiary alicyclic amines) is 2. The van der Waals surface area contributed by atoms with E-state index in [1.54, 1.807) is 0 Å². The maximum Gasteiger partial charge on any atom is 0.327 e. The second-order valence-corrected chi connectivity index (χ2v) is 11.3. The lowest BCUT2D eigenvalue weighted by molar-refractivity contribution is -0.148. The van der Waals surface area contributed by atoms with Crippen molar-refractivity contribution in [2.45, 2.75) is 49.9 Å². The van der Waals surface area contributed by atoms with Crippen LogP contribution < -0.4 is 37.6 Å². The molecule has 2 fully saturated rings. The molecule has 0 bridgehead atoms. The number of thiol groups is 2. The second kappa shape index (κ2) is 19.5. The highest BCUT2D eigenvalue weighted by Crippen LogP contribution is 2.26. The van der Waals surface area contributed by atoms with E-state index in [4.69, 9.17) is 5.73 Å². The van der Waals surface area contributed by atoms with Crippen LogP contribution in [0.2, 0.25) is 0 Å². The molecule has 262 valence electrons. The van der Waals surface area contributed by atoms with E-state index in [9.17, 15) is 48.3 Å². The molecule has 0 aromatic heterocycles. The van der Waals surface area contributed by atoms with E-state index in [2.05, 4.69) is 57.2 Å². The number of hydrogen-bond donors (Lipinski definition) is 10. The van der Waals surface area contributed by atoms with Crippen molar-refractivity contribution in [1.82, 2.24) is 41.7 Å². The number of carbonyl (C=O) groups is 9. The van der Waals surface area contributed by atoms with Gasteiger partial charge in [-0.2, -0.15) is 25.3 Å². The van der Waals surface area contributed by atoms with Gasteiger partial charge in [-0.3, -0.25) is 38.4 Å². The Hall–Kier alpha value is -4.11. The molecular weight excluding hydrogens is 662 g/mol. The fourth-order valence-corrected chi connectivity index (χ4v) is 5.34. The maximum absolute atomic E-state index is 13.5. The minimum atomic E-state index is -1.26. The summed E-state index contributed by atoms with van der Waals surface area (Å²) in [5.41, 5.74) is 5.10. The van der Waals surface area contributed by atoms with Gasteiger partial charge in [0.25, 0.3) is 0 Å². The summed E-state index contributed by atoms with van der Waals surface area (Å²) >= 11 is 8.10. The molecule has 0 radical (unpaired) electrons. The highest BCUT2D eigenvalue weighted by molar-refractivity contribution is 7.80. The fraction of sp³-hybridized carbons (Fsp3) is 0.654. The van der Waals surface area contributed by atoms with Crippen molar-refractivity contribution in [3.05, 3.63) is 0 Å². The molecule has 9 N–H and O–H groups in total. The molecular formula is C26H41N9O10S2. The van der Waals surface area contributed by atoms with E-state index in [0.717, 1.165) is 0 Å². The van der Waals surface area contributed by atoms with E-state index in [1.807, 2.05) is 0 Å². The van der Waals surface area contributed by atoms with Crippen LogP contribution in [0.25, 0.3) is 0 Å². The summed E-state index contributed by atoms with van der Waals surface area (Å²) < 4.78 is 0. The summed E-state index contributed by atoms with van der Waals surface area (Å²) in [5, 5.41) is 23.1. The molecule has 0 aliphatic carbocycles. The lowest BCUT2D eigenvalue weighted by Gasteiger charge is -2.33. The minimum absolute atomic E-state index is 0.122. The van der Waals surface area contributed by atoms with Gasteiger partial charge in [-0.25, -0.2) is 4.79 Å². The Labute approximate surface area is 281 Å². The summed E-state index contributed by atoms with van der Waals surface area (Å²) in [6.45, 7) is -1.73. The van der Waals surface area contributed by atoms with Crippen LogP contribution in [0.15, 0.2) is 0 Å². The zero-order valence-corrected chi connectivity index (χ0v) is 27.3. The van der Waals surface area contributed by atoms with Crippen molar-refractivity contribution in [3.63, 3.8) is 0 Å². The van der Waals surface area contributed by atoms with E-state index in [1.165, 1.54) is 9.80 Å². The first-order chi connectivity index (χ1) is 22.3. The average Bonchev–Trinajstić information content (AvgIpc) is 3.75. The highest BCUT2D eigenvalue weighted by Gasteiger charge is 2.43. The third kappa shape index (κ3) is 12.2. The number of carboxylic acid groups (broad SMARTS) is 1. The normalized spacial score (nSPS) is 18.4. The Morgan fingerprint density at radius 1 is 0.660 bits per heavy atom. The van der Waals surface area contributed by atoms with Crippen molar-refractivity contribution >= 4 is 78.5 Å². The highest BCUT2D eigenvalue weighted by atomic mass is 32.1. The van der Waals surface area contributed by atoms with Crippen LogP contribution in [0.3, 0.4) is 0 Å². The summed E-state index contributed by atoms with van der Waals surface area (Å²) in [6, 6.07) is -4.16. The predicted molar refractivity (Wildman–Crippen MR) is 170 cm³/mol. The Bertz CT molecular complexity index is 1220. The van der Waals surface area contributed by atoms with Gasteiger partial charge in [-0.15, -0.1) is 0 Å². The molecule has 0 unspecified atom stereocenters. The molecule has 19 nitrogen and oxygen atoms in total. The Balaban J connectivity index is 1.84. The van der Waals surface area contributed by atoms with Crippen LogP contribution in [0, 0.1) is 0 Å². The van der Waals surface area contributed by atoms with Crippen molar-refractivity contribution in [2.75, 3.05) is 57.3 Å². The Morgan fingerprint density at radius 3 is 1.62 bits per heavy atom. The van der Waals surface area contributed by atoms with Gasteiger partial charge in [0.2, 0.25) is 47.3 Å². The van der Waals surface area contributed by atoms with Gasteiger partial charge in [-0.05, 0) is 25.7 Å². The first-order valence-electron chi connectivity index (χ1n) is 14.7. The number of carboxylic acids is 1. The number of carbonyl (C=O) groups excluding carboxylic acids is 8. The third-order valence-corrected chi connectivity index (χ3v) is 7.97. The molecule has 2 aliphatic rings. The molecule has 0 saturated carbocycles. The SMILES string of the molecule is NCC(=O)NCC(=O)NCC(=O)NCC(=O)NCC(=O)N[C@@H](CS)C(=O)N1CCC[C@H]1C(=O)N1CCC[C@H]1C(=O)N[C@@H](CS)C(=O)O. The minimum Gasteiger partial charge on any atom is -0.480 e. The first kappa shape index (κ1) is 39.1. The number of aliphatic carboxylic acids is 1. The van der Waals surface area contributed by atoms with Gasteiger partial charge in [0.05, 0.1) is 32.7 Å². The quantitative estimate of drug-likeness (QED) is 0.0638. The number of hydrogen-bond acceptors (Lipinski definition) is 12. The largest absolute Gasteiger partial charge is 0.480 e. The number of rotatable bonds is 17. The second-order valence-electron chi connectivity index (χ2n) is 10.6. The van der Waals surface area contributed by atoms with Gasteiger partial charge < -0.3 is 52.5 Å². The van der Waals surface area contributed by atoms with E-state index in [0.29, 0.717) is 25.7 Å². The average molecular weight is 704 g/mol. The predicted octanol–water partition coefficient (Wildman–Crippen LogP) is -5.69. The van der Waals surface area contributed by atoms with Crippen LogP contribution in [0.1, 0.15) is 25.7 Å². The van der Waals surface area contributed by atoms with Gasteiger partial charge in [0.15, 0.2) is 0 Å². The number of amides is 8. The number of nitrogens with one attached hydrogen (secondary N) is 6. The van der Waals surface area contributed by atoms with Crippen LogP contribution in [0.4, 0.5) is 0 Å². The van der Waals surface area contributed by atoms with Crippen LogP contribution in [0.5, 0.6) is 0 Å². The first-order valence-corrected chi connectivity index (χ1v) is 16.0. The van der Waals surface area contributed by atoms with Crippen molar-refractivity contribution in [2.24, 2.45) is 5.73 Å². The fourth-order valence-electron chi connectivity index (χ4n) is 4.84. The molecule has 47 heavy (non-hydrogen) atoms. The Kier molecular flexibility index (Phi) is 16.2. The molecule has 2 rings (SSSR count). The summed E-state index contributed by atoms with van der Waals surface area (Å²) in [4.78, 5) is 113. The van der Waals surface area contributed by atoms with Gasteiger partial charge in [0, 0.05) is 24.6 Å².